The number of hydrogen-bond acceptors (Lipinski definition) is 4. The maximum absolute atomic E-state index is 5.86. The zero-order chi connectivity index (χ0) is 18.1. The van der Waals surface area contributed by atoms with Crippen LogP contribution in [0.25, 0.3) is 11.1 Å². The van der Waals surface area contributed by atoms with Crippen molar-refractivity contribution < 1.29 is 4.74 Å². The maximum Gasteiger partial charge on any atom is 0.0702 e. The summed E-state index contributed by atoms with van der Waals surface area (Å²) in [6.07, 6.45) is 4.12. The van der Waals surface area contributed by atoms with Gasteiger partial charge in [-0.1, -0.05) is 54.6 Å². The molecule has 2 aromatic carbocycles. The molecule has 3 saturated heterocycles. The fourth-order valence-electron chi connectivity index (χ4n) is 4.96. The van der Waals surface area contributed by atoms with E-state index in [1.807, 2.05) is 0 Å². The van der Waals surface area contributed by atoms with Gasteiger partial charge in [0.15, 0.2) is 0 Å². The van der Waals surface area contributed by atoms with Crippen LogP contribution in [0.2, 0.25) is 0 Å². The molecular weight excluding hydrogens is 334 g/mol. The highest BCUT2D eigenvalue weighted by Crippen LogP contribution is 2.35. The molecule has 0 spiro atoms. The molecule has 27 heavy (non-hydrogen) atoms. The maximum atomic E-state index is 5.86. The number of rotatable bonds is 4. The highest BCUT2D eigenvalue weighted by Gasteiger charge is 2.40. The van der Waals surface area contributed by atoms with Crippen molar-refractivity contribution in [3.8, 4) is 11.1 Å². The summed E-state index contributed by atoms with van der Waals surface area (Å²) in [5.41, 5.74) is 11.1. The molecule has 0 aliphatic carbocycles. The number of nitrogens with zero attached hydrogens (tertiary/aromatic N) is 1. The fraction of sp³-hybridized carbons (Fsp3) is 0.478. The van der Waals surface area contributed by atoms with Gasteiger partial charge in [-0.3, -0.25) is 5.43 Å². The number of likely N-dealkylation sites (tertiary alicyclic amines) is 1. The zero-order valence-electron chi connectivity index (χ0n) is 15.8. The summed E-state index contributed by atoms with van der Waals surface area (Å²) < 4.78 is 5.86. The summed E-state index contributed by atoms with van der Waals surface area (Å²) >= 11 is 0. The molecule has 2 aromatic rings. The standard InChI is InChI=1S/C23H29N3O/c1-2-5-17(6-3-1)18-8-10-19(11-9-18)23-21-16-26(13-12-22(21)24-25-23)15-20-7-4-14-27-20/h1-3,5-6,8-11,20-25H,4,7,12-16H2. The molecule has 3 fully saturated rings. The second kappa shape index (κ2) is 7.72. The fourth-order valence-corrected chi connectivity index (χ4v) is 4.96. The molecule has 142 valence electrons. The second-order valence-electron chi connectivity index (χ2n) is 8.21. The van der Waals surface area contributed by atoms with E-state index in [4.69, 9.17) is 4.74 Å². The lowest BCUT2D eigenvalue weighted by Gasteiger charge is -2.37. The van der Waals surface area contributed by atoms with Crippen molar-refractivity contribution in [2.75, 3.05) is 26.2 Å². The minimum absolute atomic E-state index is 0.382. The molecule has 4 nitrogen and oxygen atoms in total. The van der Waals surface area contributed by atoms with Crippen LogP contribution in [0.5, 0.6) is 0 Å². The Morgan fingerprint density at radius 1 is 0.926 bits per heavy atom. The predicted molar refractivity (Wildman–Crippen MR) is 108 cm³/mol. The van der Waals surface area contributed by atoms with Crippen molar-refractivity contribution in [3.63, 3.8) is 0 Å². The molecule has 0 aromatic heterocycles. The van der Waals surface area contributed by atoms with Crippen LogP contribution in [-0.2, 0) is 4.74 Å². The van der Waals surface area contributed by atoms with Crippen molar-refractivity contribution in [3.05, 3.63) is 60.2 Å². The molecule has 0 amide bonds. The third kappa shape index (κ3) is 3.67. The number of fused-ring (bicyclic) bond motifs is 1. The van der Waals surface area contributed by atoms with E-state index in [2.05, 4.69) is 70.3 Å². The van der Waals surface area contributed by atoms with Gasteiger partial charge >= 0.3 is 0 Å². The Morgan fingerprint density at radius 3 is 2.52 bits per heavy atom. The largest absolute Gasteiger partial charge is 0.377 e. The molecule has 3 heterocycles. The van der Waals surface area contributed by atoms with E-state index in [-0.39, 0.29) is 0 Å². The van der Waals surface area contributed by atoms with Crippen molar-refractivity contribution in [1.82, 2.24) is 15.8 Å². The van der Waals surface area contributed by atoms with Crippen LogP contribution in [0, 0.1) is 5.92 Å². The highest BCUT2D eigenvalue weighted by molar-refractivity contribution is 5.63. The van der Waals surface area contributed by atoms with Gasteiger partial charge in [-0.05, 0) is 42.5 Å². The minimum Gasteiger partial charge on any atom is -0.377 e. The molecule has 0 radical (unpaired) electrons. The van der Waals surface area contributed by atoms with Crippen LogP contribution >= 0.6 is 0 Å². The number of hydrogen-bond donors (Lipinski definition) is 2. The van der Waals surface area contributed by atoms with Crippen LogP contribution in [0.4, 0.5) is 0 Å². The molecule has 0 bridgehead atoms. The third-order valence-corrected chi connectivity index (χ3v) is 6.46. The number of hydrazine groups is 1. The van der Waals surface area contributed by atoms with Gasteiger partial charge < -0.3 is 9.64 Å². The van der Waals surface area contributed by atoms with Crippen LogP contribution in [-0.4, -0.2) is 43.3 Å². The van der Waals surface area contributed by atoms with E-state index in [1.165, 1.54) is 42.5 Å². The number of benzene rings is 2. The molecule has 2 N–H and O–H groups in total. The Bertz CT molecular complexity index is 742. The smallest absolute Gasteiger partial charge is 0.0702 e. The van der Waals surface area contributed by atoms with Crippen LogP contribution in [0.15, 0.2) is 54.6 Å². The van der Waals surface area contributed by atoms with Gasteiger partial charge in [-0.25, -0.2) is 5.43 Å². The Kier molecular flexibility index (Phi) is 4.97. The summed E-state index contributed by atoms with van der Waals surface area (Å²) in [6.45, 7) is 4.37. The number of ether oxygens (including phenoxy) is 1. The van der Waals surface area contributed by atoms with Gasteiger partial charge in [0.1, 0.15) is 0 Å². The van der Waals surface area contributed by atoms with E-state index >= 15 is 0 Å². The molecule has 4 atom stereocenters. The monoisotopic (exact) mass is 363 g/mol. The predicted octanol–water partition coefficient (Wildman–Crippen LogP) is 3.37. The quantitative estimate of drug-likeness (QED) is 0.873. The molecule has 3 aliphatic rings. The van der Waals surface area contributed by atoms with E-state index < -0.39 is 0 Å². The van der Waals surface area contributed by atoms with Crippen LogP contribution in [0.1, 0.15) is 30.9 Å². The topological polar surface area (TPSA) is 36.5 Å². The summed E-state index contributed by atoms with van der Waals surface area (Å²) in [4.78, 5) is 2.62. The van der Waals surface area contributed by atoms with E-state index in [9.17, 15) is 0 Å². The molecule has 4 heteroatoms. The van der Waals surface area contributed by atoms with E-state index in [0.29, 0.717) is 24.1 Å². The Labute approximate surface area is 161 Å². The van der Waals surface area contributed by atoms with Crippen molar-refractivity contribution in [2.24, 2.45) is 5.92 Å². The SMILES string of the molecule is c1ccc(-c2ccc(C3NNC4CCN(CC5CCCO5)CC43)cc2)cc1. The average molecular weight is 364 g/mol. The lowest BCUT2D eigenvalue weighted by Crippen LogP contribution is -2.47. The van der Waals surface area contributed by atoms with Crippen LogP contribution < -0.4 is 10.9 Å². The summed E-state index contributed by atoms with van der Waals surface area (Å²) in [6, 6.07) is 20.7. The van der Waals surface area contributed by atoms with Crippen molar-refractivity contribution in [2.45, 2.75) is 37.5 Å². The lowest BCUT2D eigenvalue weighted by atomic mass is 9.84. The first-order valence-electron chi connectivity index (χ1n) is 10.4. The van der Waals surface area contributed by atoms with Gasteiger partial charge in [-0.15, -0.1) is 0 Å². The second-order valence-corrected chi connectivity index (χ2v) is 8.21. The third-order valence-electron chi connectivity index (χ3n) is 6.46. The molecule has 5 rings (SSSR count). The van der Waals surface area contributed by atoms with E-state index in [0.717, 1.165) is 19.7 Å². The summed E-state index contributed by atoms with van der Waals surface area (Å²) in [5, 5.41) is 0. The van der Waals surface area contributed by atoms with Gasteiger partial charge in [0.2, 0.25) is 0 Å². The number of piperidine rings is 1. The van der Waals surface area contributed by atoms with Gasteiger partial charge in [0.25, 0.3) is 0 Å². The molecule has 0 saturated carbocycles. The van der Waals surface area contributed by atoms with Gasteiger partial charge in [0, 0.05) is 31.7 Å². The number of nitrogens with one attached hydrogen (secondary N) is 2. The molecular formula is C23H29N3O. The summed E-state index contributed by atoms with van der Waals surface area (Å²) in [5.74, 6) is 0.614. The average Bonchev–Trinajstić information content (AvgIpc) is 3.38. The first-order chi connectivity index (χ1) is 13.4. The highest BCUT2D eigenvalue weighted by atomic mass is 16.5. The zero-order valence-corrected chi connectivity index (χ0v) is 15.8. The summed E-state index contributed by atoms with van der Waals surface area (Å²) in [7, 11) is 0. The first kappa shape index (κ1) is 17.4. The van der Waals surface area contributed by atoms with Gasteiger partial charge in [0.05, 0.1) is 12.1 Å². The van der Waals surface area contributed by atoms with E-state index in [1.54, 1.807) is 0 Å². The van der Waals surface area contributed by atoms with Crippen LogP contribution in [0.3, 0.4) is 0 Å². The lowest BCUT2D eigenvalue weighted by molar-refractivity contribution is 0.0526. The normalized spacial score (nSPS) is 31.1. The Balaban J connectivity index is 1.28. The Hall–Kier alpha value is -1.72. The van der Waals surface area contributed by atoms with Crippen molar-refractivity contribution >= 4 is 0 Å². The minimum atomic E-state index is 0.382. The van der Waals surface area contributed by atoms with Gasteiger partial charge in [-0.2, -0.15) is 0 Å². The first-order valence-corrected chi connectivity index (χ1v) is 10.4. The Morgan fingerprint density at radius 2 is 1.74 bits per heavy atom. The van der Waals surface area contributed by atoms with Crippen molar-refractivity contribution in [1.29, 1.82) is 0 Å². The molecule has 4 unspecified atom stereocenters. The molecule has 3 aliphatic heterocycles.